The average molecular weight is 232 g/mol. The van der Waals surface area contributed by atoms with Crippen LogP contribution in [0.3, 0.4) is 0 Å². The second-order valence-electron chi connectivity index (χ2n) is 3.90. The number of carbonyl (C=O) groups is 1. The minimum absolute atomic E-state index is 0.00602. The minimum atomic E-state index is -0.351. The fourth-order valence-corrected chi connectivity index (χ4v) is 1.71. The number of hydrogen-bond acceptors (Lipinski definition) is 3. The lowest BCUT2D eigenvalue weighted by Gasteiger charge is -2.17. The maximum absolute atomic E-state index is 11.5. The van der Waals surface area contributed by atoms with Crippen LogP contribution in [-0.2, 0) is 4.79 Å². The van der Waals surface area contributed by atoms with Gasteiger partial charge in [-0.1, -0.05) is 20.3 Å². The van der Waals surface area contributed by atoms with Crippen molar-refractivity contribution in [3.63, 3.8) is 0 Å². The van der Waals surface area contributed by atoms with Crippen LogP contribution < -0.4 is 11.1 Å². The fraction of sp³-hybridized carbons (Fsp3) is 0.909. The van der Waals surface area contributed by atoms with Crippen LogP contribution in [0.4, 0.5) is 0 Å². The summed E-state index contributed by atoms with van der Waals surface area (Å²) < 4.78 is 0. The monoisotopic (exact) mass is 232 g/mol. The molecule has 0 aliphatic rings. The highest BCUT2D eigenvalue weighted by Crippen LogP contribution is 2.05. The van der Waals surface area contributed by atoms with E-state index in [-0.39, 0.29) is 17.9 Å². The molecule has 0 fully saturated rings. The van der Waals surface area contributed by atoms with Crippen molar-refractivity contribution in [2.45, 2.75) is 39.2 Å². The molecule has 3 N–H and O–H groups in total. The van der Waals surface area contributed by atoms with Crippen molar-refractivity contribution >= 4 is 17.7 Å². The van der Waals surface area contributed by atoms with Crippen molar-refractivity contribution in [1.82, 2.24) is 5.32 Å². The quantitative estimate of drug-likeness (QED) is 0.625. The van der Waals surface area contributed by atoms with Crippen molar-refractivity contribution in [1.29, 1.82) is 0 Å². The Morgan fingerprint density at radius 1 is 1.47 bits per heavy atom. The van der Waals surface area contributed by atoms with Gasteiger partial charge in [-0.15, -0.1) is 0 Å². The Bertz CT molecular complexity index is 176. The van der Waals surface area contributed by atoms with Gasteiger partial charge in [0.1, 0.15) is 0 Å². The van der Waals surface area contributed by atoms with Crippen molar-refractivity contribution in [2.24, 2.45) is 11.7 Å². The van der Waals surface area contributed by atoms with Gasteiger partial charge in [-0.3, -0.25) is 4.79 Å². The van der Waals surface area contributed by atoms with Crippen molar-refractivity contribution in [3.05, 3.63) is 0 Å². The fourth-order valence-electron chi connectivity index (χ4n) is 1.21. The van der Waals surface area contributed by atoms with Gasteiger partial charge in [-0.25, -0.2) is 0 Å². The van der Waals surface area contributed by atoms with E-state index >= 15 is 0 Å². The number of amides is 1. The molecule has 15 heavy (non-hydrogen) atoms. The van der Waals surface area contributed by atoms with Gasteiger partial charge in [0.2, 0.25) is 5.91 Å². The van der Waals surface area contributed by atoms with Gasteiger partial charge in [0.25, 0.3) is 0 Å². The summed E-state index contributed by atoms with van der Waals surface area (Å²) in [4.78, 5) is 11.5. The molecular formula is C11H24N2OS. The van der Waals surface area contributed by atoms with Gasteiger partial charge in [0, 0.05) is 6.54 Å². The smallest absolute Gasteiger partial charge is 0.237 e. The van der Waals surface area contributed by atoms with E-state index in [1.807, 2.05) is 18.7 Å². The molecule has 2 unspecified atom stereocenters. The number of unbranched alkanes of at least 4 members (excludes halogenated alkanes) is 1. The topological polar surface area (TPSA) is 55.1 Å². The average Bonchev–Trinajstić information content (AvgIpc) is 2.26. The summed E-state index contributed by atoms with van der Waals surface area (Å²) in [6.07, 6.45) is 5.23. The highest BCUT2D eigenvalue weighted by atomic mass is 32.2. The number of carbonyl (C=O) groups excluding carboxylic acids is 1. The molecule has 0 aromatic carbocycles. The molecule has 0 bridgehead atoms. The van der Waals surface area contributed by atoms with Crippen LogP contribution in [-0.4, -0.2) is 30.5 Å². The van der Waals surface area contributed by atoms with Gasteiger partial charge >= 0.3 is 0 Å². The third-order valence-corrected chi connectivity index (χ3v) is 3.33. The van der Waals surface area contributed by atoms with Crippen LogP contribution in [0.2, 0.25) is 0 Å². The molecule has 0 aromatic heterocycles. The minimum Gasteiger partial charge on any atom is -0.355 e. The Balaban J connectivity index is 3.56. The molecule has 90 valence electrons. The summed E-state index contributed by atoms with van der Waals surface area (Å²) in [7, 11) is 0. The molecule has 3 nitrogen and oxygen atoms in total. The predicted octanol–water partition coefficient (Wildman–Crippen LogP) is 1.62. The number of rotatable bonds is 8. The van der Waals surface area contributed by atoms with E-state index in [1.54, 1.807) is 0 Å². The van der Waals surface area contributed by atoms with E-state index in [4.69, 9.17) is 5.73 Å². The van der Waals surface area contributed by atoms with Crippen molar-refractivity contribution < 1.29 is 4.79 Å². The largest absolute Gasteiger partial charge is 0.355 e. The third-order valence-electron chi connectivity index (χ3n) is 2.63. The summed E-state index contributed by atoms with van der Waals surface area (Å²) in [5.41, 5.74) is 5.80. The zero-order valence-corrected chi connectivity index (χ0v) is 10.9. The van der Waals surface area contributed by atoms with Gasteiger partial charge < -0.3 is 11.1 Å². The Morgan fingerprint density at radius 2 is 2.13 bits per heavy atom. The molecule has 0 rings (SSSR count). The van der Waals surface area contributed by atoms with Crippen LogP contribution in [0.5, 0.6) is 0 Å². The van der Waals surface area contributed by atoms with Gasteiger partial charge in [0.05, 0.1) is 6.04 Å². The van der Waals surface area contributed by atoms with Gasteiger partial charge in [-0.05, 0) is 30.8 Å². The van der Waals surface area contributed by atoms with Crippen LogP contribution in [0.25, 0.3) is 0 Å². The van der Waals surface area contributed by atoms with E-state index < -0.39 is 0 Å². The second-order valence-corrected chi connectivity index (χ2v) is 4.89. The van der Waals surface area contributed by atoms with E-state index in [1.165, 1.54) is 0 Å². The van der Waals surface area contributed by atoms with Gasteiger partial charge in [0.15, 0.2) is 0 Å². The Kier molecular flexibility index (Phi) is 8.91. The normalized spacial score (nSPS) is 14.7. The highest BCUT2D eigenvalue weighted by molar-refractivity contribution is 7.98. The second kappa shape index (κ2) is 9.04. The first kappa shape index (κ1) is 14.8. The Morgan fingerprint density at radius 3 is 2.67 bits per heavy atom. The Hall–Kier alpha value is -0.220. The summed E-state index contributed by atoms with van der Waals surface area (Å²) in [6.45, 7) is 4.82. The lowest BCUT2D eigenvalue weighted by atomic mass is 9.99. The molecule has 4 heteroatoms. The summed E-state index contributed by atoms with van der Waals surface area (Å²) in [6, 6.07) is -0.351. The molecule has 1 amide bonds. The molecule has 0 aromatic rings. The standard InChI is InChI=1S/C11H24N2OS/c1-4-9(2)10(12)11(14)13-7-5-6-8-15-3/h9-10H,4-8,12H2,1-3H3,(H,13,14). The number of nitrogens with one attached hydrogen (secondary N) is 1. The van der Waals surface area contributed by atoms with E-state index in [0.29, 0.717) is 0 Å². The molecule has 0 radical (unpaired) electrons. The first-order chi connectivity index (χ1) is 7.13. The molecule has 0 aliphatic carbocycles. The predicted molar refractivity (Wildman–Crippen MR) is 68.1 cm³/mol. The molecule has 0 spiro atoms. The van der Waals surface area contributed by atoms with E-state index in [2.05, 4.69) is 18.5 Å². The van der Waals surface area contributed by atoms with Crippen LogP contribution >= 0.6 is 11.8 Å². The highest BCUT2D eigenvalue weighted by Gasteiger charge is 2.18. The Labute approximate surface area is 97.6 Å². The van der Waals surface area contributed by atoms with E-state index in [0.717, 1.165) is 31.6 Å². The summed E-state index contributed by atoms with van der Waals surface area (Å²) in [5, 5.41) is 2.88. The maximum atomic E-state index is 11.5. The number of thioether (sulfide) groups is 1. The van der Waals surface area contributed by atoms with Crippen LogP contribution in [0.1, 0.15) is 33.1 Å². The molecule has 0 heterocycles. The lowest BCUT2D eigenvalue weighted by Crippen LogP contribution is -2.44. The summed E-state index contributed by atoms with van der Waals surface area (Å²) in [5.74, 6) is 1.41. The van der Waals surface area contributed by atoms with Crippen molar-refractivity contribution in [2.75, 3.05) is 18.6 Å². The zero-order chi connectivity index (χ0) is 11.7. The first-order valence-corrected chi connectivity index (χ1v) is 7.05. The van der Waals surface area contributed by atoms with E-state index in [9.17, 15) is 4.79 Å². The summed E-state index contributed by atoms with van der Waals surface area (Å²) >= 11 is 1.84. The molecule has 0 saturated carbocycles. The number of hydrogen-bond donors (Lipinski definition) is 2. The molecule has 2 atom stereocenters. The molecular weight excluding hydrogens is 208 g/mol. The van der Waals surface area contributed by atoms with Crippen molar-refractivity contribution in [3.8, 4) is 0 Å². The SMILES string of the molecule is CCC(C)C(N)C(=O)NCCCCSC. The lowest BCUT2D eigenvalue weighted by molar-refractivity contribution is -0.123. The van der Waals surface area contributed by atoms with Crippen LogP contribution in [0, 0.1) is 5.92 Å². The first-order valence-electron chi connectivity index (χ1n) is 5.65. The maximum Gasteiger partial charge on any atom is 0.237 e. The van der Waals surface area contributed by atoms with Gasteiger partial charge in [-0.2, -0.15) is 11.8 Å². The third kappa shape index (κ3) is 6.79. The number of nitrogens with two attached hydrogens (primary N) is 1. The van der Waals surface area contributed by atoms with Crippen LogP contribution in [0.15, 0.2) is 0 Å². The molecule has 0 saturated heterocycles. The molecule has 0 aliphatic heterocycles. The zero-order valence-electron chi connectivity index (χ0n) is 10.1.